The number of carbonyl (C=O) groups excluding carboxylic acids is 2. The lowest BCUT2D eigenvalue weighted by Crippen LogP contribution is -2.20. The molecule has 0 radical (unpaired) electrons. The molecule has 2 amide bonds. The van der Waals surface area contributed by atoms with Crippen LogP contribution in [0.25, 0.3) is 16.5 Å². The van der Waals surface area contributed by atoms with Crippen LogP contribution in [-0.4, -0.2) is 30.5 Å². The van der Waals surface area contributed by atoms with E-state index in [1.54, 1.807) is 12.4 Å². The highest BCUT2D eigenvalue weighted by molar-refractivity contribution is 7.14. The van der Waals surface area contributed by atoms with E-state index < -0.39 is 0 Å². The molecule has 0 atom stereocenters. The van der Waals surface area contributed by atoms with E-state index in [4.69, 9.17) is 9.15 Å². The van der Waals surface area contributed by atoms with E-state index in [9.17, 15) is 9.59 Å². The molecule has 3 aromatic rings. The molecule has 0 aliphatic rings. The first-order valence-corrected chi connectivity index (χ1v) is 10.5. The number of hydrogen-bond donors (Lipinski definition) is 2. The van der Waals surface area contributed by atoms with Crippen molar-refractivity contribution in [2.24, 2.45) is 0 Å². The van der Waals surface area contributed by atoms with E-state index in [0.717, 1.165) is 33.4 Å². The molecule has 158 valence electrons. The molecule has 0 spiro atoms. The predicted molar refractivity (Wildman–Crippen MR) is 119 cm³/mol. The summed E-state index contributed by atoms with van der Waals surface area (Å²) in [6.07, 6.45) is 1.70. The van der Waals surface area contributed by atoms with Gasteiger partial charge in [0.2, 0.25) is 11.8 Å². The molecule has 7 nitrogen and oxygen atoms in total. The smallest absolute Gasteiger partial charge is 0.250 e. The molecule has 0 fully saturated rings. The van der Waals surface area contributed by atoms with E-state index in [-0.39, 0.29) is 18.2 Å². The summed E-state index contributed by atoms with van der Waals surface area (Å²) in [7, 11) is 1.57. The number of nitrogens with one attached hydrogen (secondary N) is 2. The third-order valence-electron chi connectivity index (χ3n) is 4.75. The van der Waals surface area contributed by atoms with Gasteiger partial charge in [-0.15, -0.1) is 11.3 Å². The van der Waals surface area contributed by atoms with Crippen molar-refractivity contribution in [1.29, 1.82) is 0 Å². The second-order valence-electron chi connectivity index (χ2n) is 6.87. The van der Waals surface area contributed by atoms with E-state index in [1.807, 2.05) is 39.8 Å². The normalized spacial score (nSPS) is 11.6. The van der Waals surface area contributed by atoms with Crippen molar-refractivity contribution >= 4 is 44.8 Å². The van der Waals surface area contributed by atoms with Crippen molar-refractivity contribution in [3.8, 4) is 5.75 Å². The van der Waals surface area contributed by atoms with Gasteiger partial charge in [0, 0.05) is 35.5 Å². The van der Waals surface area contributed by atoms with Crippen LogP contribution in [0, 0.1) is 13.8 Å². The van der Waals surface area contributed by atoms with Crippen LogP contribution in [0.1, 0.15) is 36.4 Å². The first-order chi connectivity index (χ1) is 14.3. The number of furan rings is 1. The van der Waals surface area contributed by atoms with E-state index in [0.29, 0.717) is 23.2 Å². The Morgan fingerprint density at radius 2 is 2.07 bits per heavy atom. The lowest BCUT2D eigenvalue weighted by atomic mass is 10.0. The zero-order chi connectivity index (χ0) is 21.8. The Labute approximate surface area is 179 Å². The molecule has 8 heteroatoms. The number of aromatic nitrogens is 1. The molecule has 0 unspecified atom stereocenters. The van der Waals surface area contributed by atoms with Gasteiger partial charge in [0.05, 0.1) is 18.7 Å². The fourth-order valence-corrected chi connectivity index (χ4v) is 3.78. The van der Waals surface area contributed by atoms with Gasteiger partial charge in [0.1, 0.15) is 17.1 Å². The summed E-state index contributed by atoms with van der Waals surface area (Å²) in [4.78, 5) is 28.3. The number of nitrogens with zero attached hydrogens (tertiary/aromatic N) is 1. The van der Waals surface area contributed by atoms with Crippen LogP contribution in [0.15, 0.2) is 28.0 Å². The first kappa shape index (κ1) is 21.6. The fourth-order valence-electron chi connectivity index (χ4n) is 3.07. The Hall–Kier alpha value is -3.13. The van der Waals surface area contributed by atoms with E-state index in [2.05, 4.69) is 15.6 Å². The van der Waals surface area contributed by atoms with Gasteiger partial charge in [-0.25, -0.2) is 4.98 Å². The predicted octanol–water partition coefficient (Wildman–Crippen LogP) is 4.24. The summed E-state index contributed by atoms with van der Waals surface area (Å²) in [5.41, 5.74) is 4.05. The minimum atomic E-state index is -0.295. The SMILES string of the molecule is CCOc1cc2oc(C)c(C)c2cc1/C(C)=C/C(=O)Nc1nc(CC(=O)NC)cs1. The molecule has 2 aromatic heterocycles. The van der Waals surface area contributed by atoms with E-state index in [1.165, 1.54) is 17.4 Å². The molecule has 0 aliphatic heterocycles. The Kier molecular flexibility index (Phi) is 6.56. The quantitative estimate of drug-likeness (QED) is 0.550. The van der Waals surface area contributed by atoms with Crippen LogP contribution in [0.3, 0.4) is 0 Å². The standard InChI is InChI=1S/C22H25N3O4S/c1-6-28-18-10-19-17(13(3)14(4)29-19)9-16(18)12(2)7-21(27)25-22-24-15(11-30-22)8-20(26)23-5/h7,9-11H,6,8H2,1-5H3,(H,23,26)(H,24,25,27)/b12-7+. The minimum absolute atomic E-state index is 0.127. The van der Waals surface area contributed by atoms with Crippen LogP contribution < -0.4 is 15.4 Å². The number of carbonyl (C=O) groups is 2. The Bertz CT molecular complexity index is 1130. The number of anilines is 1. The summed E-state index contributed by atoms with van der Waals surface area (Å²) < 4.78 is 11.6. The molecule has 0 saturated carbocycles. The number of amides is 2. The van der Waals surface area contributed by atoms with Gasteiger partial charge < -0.3 is 14.5 Å². The number of fused-ring (bicyclic) bond motifs is 1. The molecule has 0 saturated heterocycles. The van der Waals surface area contributed by atoms with Gasteiger partial charge in [-0.1, -0.05) is 0 Å². The number of thiazole rings is 1. The highest BCUT2D eigenvalue weighted by atomic mass is 32.1. The molecule has 2 heterocycles. The largest absolute Gasteiger partial charge is 0.493 e. The minimum Gasteiger partial charge on any atom is -0.493 e. The highest BCUT2D eigenvalue weighted by Gasteiger charge is 2.15. The van der Waals surface area contributed by atoms with Gasteiger partial charge in [-0.05, 0) is 44.9 Å². The molecular weight excluding hydrogens is 402 g/mol. The molecule has 1 aromatic carbocycles. The van der Waals surface area contributed by atoms with Crippen molar-refractivity contribution in [2.75, 3.05) is 19.0 Å². The van der Waals surface area contributed by atoms with Crippen LogP contribution >= 0.6 is 11.3 Å². The van der Waals surface area contributed by atoms with Crippen molar-refractivity contribution in [2.45, 2.75) is 34.1 Å². The third-order valence-corrected chi connectivity index (χ3v) is 5.56. The second kappa shape index (κ2) is 9.13. The second-order valence-corrected chi connectivity index (χ2v) is 7.73. The van der Waals surface area contributed by atoms with Crippen molar-refractivity contribution < 1.29 is 18.7 Å². The summed E-state index contributed by atoms with van der Waals surface area (Å²) in [5, 5.41) is 8.51. The molecule has 2 N–H and O–H groups in total. The first-order valence-electron chi connectivity index (χ1n) is 9.63. The Morgan fingerprint density at radius 3 is 2.77 bits per heavy atom. The summed E-state index contributed by atoms with van der Waals surface area (Å²) >= 11 is 1.28. The van der Waals surface area contributed by atoms with Gasteiger partial charge in [-0.3, -0.25) is 14.9 Å². The maximum absolute atomic E-state index is 12.5. The van der Waals surface area contributed by atoms with Crippen LogP contribution in [0.5, 0.6) is 5.75 Å². The molecule has 3 rings (SSSR count). The fraction of sp³-hybridized carbons (Fsp3) is 0.318. The van der Waals surface area contributed by atoms with E-state index >= 15 is 0 Å². The summed E-state index contributed by atoms with van der Waals surface area (Å²) in [5.74, 6) is 1.11. The topological polar surface area (TPSA) is 93.5 Å². The van der Waals surface area contributed by atoms with Crippen molar-refractivity contribution in [1.82, 2.24) is 10.3 Å². The zero-order valence-electron chi connectivity index (χ0n) is 17.7. The van der Waals surface area contributed by atoms with Gasteiger partial charge in [-0.2, -0.15) is 0 Å². The monoisotopic (exact) mass is 427 g/mol. The third kappa shape index (κ3) is 4.71. The number of benzene rings is 1. The number of hydrogen-bond acceptors (Lipinski definition) is 6. The summed E-state index contributed by atoms with van der Waals surface area (Å²) in [6, 6.07) is 3.87. The number of likely N-dealkylation sites (N-methyl/N-ethyl adjacent to an activating group) is 1. The Balaban J connectivity index is 1.84. The molecule has 30 heavy (non-hydrogen) atoms. The summed E-state index contributed by atoms with van der Waals surface area (Å²) in [6.45, 7) is 8.22. The number of ether oxygens (including phenoxy) is 1. The zero-order valence-corrected chi connectivity index (χ0v) is 18.5. The van der Waals surface area contributed by atoms with Crippen LogP contribution in [-0.2, 0) is 16.0 Å². The lowest BCUT2D eigenvalue weighted by molar-refractivity contribution is -0.120. The average molecular weight is 428 g/mol. The number of rotatable bonds is 7. The maximum Gasteiger partial charge on any atom is 0.250 e. The molecule has 0 bridgehead atoms. The Morgan fingerprint density at radius 1 is 1.30 bits per heavy atom. The molecule has 0 aliphatic carbocycles. The molecular formula is C22H25N3O4S. The van der Waals surface area contributed by atoms with Gasteiger partial charge in [0.15, 0.2) is 5.13 Å². The highest BCUT2D eigenvalue weighted by Crippen LogP contribution is 2.35. The van der Waals surface area contributed by atoms with Crippen LogP contribution in [0.4, 0.5) is 5.13 Å². The van der Waals surface area contributed by atoms with Crippen molar-refractivity contribution in [3.05, 3.63) is 46.2 Å². The van der Waals surface area contributed by atoms with Crippen molar-refractivity contribution in [3.63, 3.8) is 0 Å². The average Bonchev–Trinajstić information content (AvgIpc) is 3.24. The van der Waals surface area contributed by atoms with Gasteiger partial charge in [0.25, 0.3) is 0 Å². The maximum atomic E-state index is 12.5. The lowest BCUT2D eigenvalue weighted by Gasteiger charge is -2.11. The number of aryl methyl sites for hydroxylation is 2. The number of allylic oxidation sites excluding steroid dienone is 1. The van der Waals surface area contributed by atoms with Gasteiger partial charge >= 0.3 is 0 Å². The van der Waals surface area contributed by atoms with Crippen LogP contribution in [0.2, 0.25) is 0 Å².